The number of ether oxygens (including phenoxy) is 2. The summed E-state index contributed by atoms with van der Waals surface area (Å²) in [5, 5.41) is 18.4. The zero-order chi connectivity index (χ0) is 27.4. The number of nitrogens with two attached hydrogens (primary N) is 2. The Labute approximate surface area is 233 Å². The van der Waals surface area contributed by atoms with E-state index < -0.39 is 0 Å². The first-order valence-electron chi connectivity index (χ1n) is 11.7. The van der Waals surface area contributed by atoms with Gasteiger partial charge in [-0.1, -0.05) is 23.5 Å². The predicted molar refractivity (Wildman–Crippen MR) is 150 cm³/mol. The molecule has 0 spiro atoms. The molecule has 0 bridgehead atoms. The number of methoxy groups -OCH3 is 2. The number of aryl methyl sites for hydroxylation is 1. The average Bonchev–Trinajstić information content (AvgIpc) is 3.52. The van der Waals surface area contributed by atoms with Gasteiger partial charge in [0.1, 0.15) is 16.5 Å². The van der Waals surface area contributed by atoms with Gasteiger partial charge in [-0.15, -0.1) is 20.4 Å². The van der Waals surface area contributed by atoms with Gasteiger partial charge in [-0.3, -0.25) is 0 Å². The van der Waals surface area contributed by atoms with Crippen molar-refractivity contribution in [2.24, 2.45) is 0 Å². The Morgan fingerprint density at radius 2 is 1.18 bits per heavy atom. The Hall–Kier alpha value is -4.30. The predicted octanol–water partition coefficient (Wildman–Crippen LogP) is 3.33. The Bertz CT molecular complexity index is 1460. The molecule has 4 N–H and O–H groups in total. The Morgan fingerprint density at radius 3 is 1.67 bits per heavy atom. The van der Waals surface area contributed by atoms with Crippen LogP contribution in [0.15, 0.2) is 64.8 Å². The smallest absolute Gasteiger partial charge is 0.189 e. The van der Waals surface area contributed by atoms with Crippen LogP contribution < -0.4 is 21.2 Å². The molecule has 2 aromatic carbocycles. The number of thioether (sulfide) groups is 2. The molecule has 12 nitrogen and oxygen atoms in total. The molecular formula is C25H26N10O2S2. The Balaban J connectivity index is 1.24. The zero-order valence-corrected chi connectivity index (χ0v) is 23.1. The van der Waals surface area contributed by atoms with Crippen LogP contribution in [-0.4, -0.2) is 53.9 Å². The Morgan fingerprint density at radius 1 is 0.692 bits per heavy atom. The summed E-state index contributed by atoms with van der Waals surface area (Å²) < 4.78 is 13.4. The normalized spacial score (nSPS) is 11.1. The van der Waals surface area contributed by atoms with Crippen molar-refractivity contribution in [1.29, 1.82) is 0 Å². The molecule has 200 valence electrons. The molecule has 39 heavy (non-hydrogen) atoms. The molecule has 0 saturated carbocycles. The summed E-state index contributed by atoms with van der Waals surface area (Å²) in [6.45, 7) is 1.93. The molecular weight excluding hydrogens is 536 g/mol. The molecule has 0 amide bonds. The van der Waals surface area contributed by atoms with Crippen molar-refractivity contribution in [2.75, 3.05) is 25.9 Å². The van der Waals surface area contributed by atoms with E-state index in [0.717, 1.165) is 33.3 Å². The van der Waals surface area contributed by atoms with Crippen molar-refractivity contribution in [1.82, 2.24) is 39.7 Å². The van der Waals surface area contributed by atoms with Gasteiger partial charge in [-0.25, -0.2) is 19.3 Å². The van der Waals surface area contributed by atoms with Crippen molar-refractivity contribution in [3.63, 3.8) is 0 Å². The molecule has 0 aliphatic rings. The minimum Gasteiger partial charge on any atom is -0.497 e. The van der Waals surface area contributed by atoms with Crippen LogP contribution in [0, 0.1) is 6.92 Å². The molecule has 0 unspecified atom stereocenters. The average molecular weight is 563 g/mol. The number of nitrogens with zero attached hydrogens (tertiary/aromatic N) is 8. The first kappa shape index (κ1) is 26.3. The number of nitrogen functional groups attached to an aromatic ring is 2. The first-order valence-corrected chi connectivity index (χ1v) is 13.7. The molecule has 14 heteroatoms. The Kier molecular flexibility index (Phi) is 7.84. The maximum atomic E-state index is 6.29. The summed E-state index contributed by atoms with van der Waals surface area (Å²) in [4.78, 5) is 9.23. The lowest BCUT2D eigenvalue weighted by Crippen LogP contribution is -2.14. The fraction of sp³-hybridized carbons (Fsp3) is 0.200. The second-order valence-corrected chi connectivity index (χ2v) is 10.2. The van der Waals surface area contributed by atoms with E-state index >= 15 is 0 Å². The maximum Gasteiger partial charge on any atom is 0.189 e. The van der Waals surface area contributed by atoms with E-state index in [1.807, 2.05) is 61.5 Å². The van der Waals surface area contributed by atoms with Crippen LogP contribution in [0.3, 0.4) is 0 Å². The van der Waals surface area contributed by atoms with E-state index in [1.165, 1.54) is 32.9 Å². The molecule has 0 radical (unpaired) electrons. The topological polar surface area (TPSA) is 158 Å². The standard InChI is InChI=1S/C25H26N10O2S2/c1-15-12-22(38-13-20-30-32-23(34(20)26)16-4-8-18(36-2)9-5-16)29-25(28-15)39-14-21-31-33-24(35(21)27)17-6-10-19(37-3)11-7-17/h4-12H,13-14,26-27H2,1-3H3. The molecule has 5 aromatic rings. The third-order valence-electron chi connectivity index (χ3n) is 5.72. The van der Waals surface area contributed by atoms with Crippen molar-refractivity contribution in [3.8, 4) is 34.3 Å². The highest BCUT2D eigenvalue weighted by Gasteiger charge is 2.15. The third-order valence-corrected chi connectivity index (χ3v) is 7.47. The van der Waals surface area contributed by atoms with E-state index in [1.54, 1.807) is 14.2 Å². The van der Waals surface area contributed by atoms with Gasteiger partial charge in [0.2, 0.25) is 0 Å². The van der Waals surface area contributed by atoms with E-state index in [0.29, 0.717) is 40.0 Å². The van der Waals surface area contributed by atoms with Gasteiger partial charge >= 0.3 is 0 Å². The lowest BCUT2D eigenvalue weighted by molar-refractivity contribution is 0.414. The van der Waals surface area contributed by atoms with Crippen molar-refractivity contribution in [2.45, 2.75) is 28.6 Å². The minimum atomic E-state index is 0.454. The van der Waals surface area contributed by atoms with Crippen LogP contribution in [0.1, 0.15) is 17.3 Å². The highest BCUT2D eigenvalue weighted by molar-refractivity contribution is 7.99. The van der Waals surface area contributed by atoms with Crippen LogP contribution in [0.25, 0.3) is 22.8 Å². The second kappa shape index (κ2) is 11.6. The van der Waals surface area contributed by atoms with Gasteiger partial charge in [-0.05, 0) is 61.5 Å². The van der Waals surface area contributed by atoms with E-state index in [9.17, 15) is 0 Å². The molecule has 0 atom stereocenters. The van der Waals surface area contributed by atoms with Crippen LogP contribution in [-0.2, 0) is 11.5 Å². The highest BCUT2D eigenvalue weighted by atomic mass is 32.2. The van der Waals surface area contributed by atoms with E-state index in [-0.39, 0.29) is 0 Å². The molecule has 5 rings (SSSR count). The zero-order valence-electron chi connectivity index (χ0n) is 21.5. The van der Waals surface area contributed by atoms with Gasteiger partial charge in [0.25, 0.3) is 0 Å². The number of benzene rings is 2. The number of hydrogen-bond acceptors (Lipinski definition) is 12. The molecule has 0 saturated heterocycles. The number of hydrogen-bond donors (Lipinski definition) is 2. The number of aromatic nitrogens is 8. The monoisotopic (exact) mass is 562 g/mol. The largest absolute Gasteiger partial charge is 0.497 e. The maximum absolute atomic E-state index is 6.29. The van der Waals surface area contributed by atoms with Crippen LogP contribution in [0.4, 0.5) is 0 Å². The van der Waals surface area contributed by atoms with Crippen molar-refractivity contribution in [3.05, 3.63) is 71.9 Å². The molecule has 3 heterocycles. The van der Waals surface area contributed by atoms with Crippen molar-refractivity contribution >= 4 is 23.5 Å². The lowest BCUT2D eigenvalue weighted by Gasteiger charge is -2.07. The third kappa shape index (κ3) is 5.91. The molecule has 0 fully saturated rings. The second-order valence-electron chi connectivity index (χ2n) is 8.28. The van der Waals surface area contributed by atoms with Gasteiger partial charge in [0.05, 0.1) is 25.7 Å². The summed E-state index contributed by atoms with van der Waals surface area (Å²) in [6.07, 6.45) is 0. The van der Waals surface area contributed by atoms with Gasteiger partial charge < -0.3 is 21.2 Å². The highest BCUT2D eigenvalue weighted by Crippen LogP contribution is 2.27. The molecule has 0 aliphatic heterocycles. The summed E-state index contributed by atoms with van der Waals surface area (Å²) >= 11 is 2.94. The summed E-state index contributed by atoms with van der Waals surface area (Å²) in [7, 11) is 3.25. The van der Waals surface area contributed by atoms with Crippen LogP contribution in [0.2, 0.25) is 0 Å². The van der Waals surface area contributed by atoms with Gasteiger partial charge in [-0.2, -0.15) is 0 Å². The lowest BCUT2D eigenvalue weighted by atomic mass is 10.2. The molecule has 3 aromatic heterocycles. The number of rotatable bonds is 10. The SMILES string of the molecule is COc1ccc(-c2nnc(CSc3cc(C)nc(SCc4nnc(-c5ccc(OC)cc5)n4N)n3)n2N)cc1. The summed E-state index contributed by atoms with van der Waals surface area (Å²) in [6, 6.07) is 16.9. The minimum absolute atomic E-state index is 0.454. The molecule has 0 aliphatic carbocycles. The van der Waals surface area contributed by atoms with E-state index in [4.69, 9.17) is 21.2 Å². The van der Waals surface area contributed by atoms with Gasteiger partial charge in [0.15, 0.2) is 28.5 Å². The summed E-state index contributed by atoms with van der Waals surface area (Å²) in [5.74, 6) is 17.4. The first-order chi connectivity index (χ1) is 18.9. The quantitative estimate of drug-likeness (QED) is 0.111. The van der Waals surface area contributed by atoms with Gasteiger partial charge in [0, 0.05) is 16.8 Å². The van der Waals surface area contributed by atoms with Crippen LogP contribution in [0.5, 0.6) is 11.5 Å². The van der Waals surface area contributed by atoms with Crippen LogP contribution >= 0.6 is 23.5 Å². The van der Waals surface area contributed by atoms with Crippen molar-refractivity contribution < 1.29 is 9.47 Å². The summed E-state index contributed by atoms with van der Waals surface area (Å²) in [5.41, 5.74) is 2.54. The fourth-order valence-corrected chi connectivity index (χ4v) is 5.40. The van der Waals surface area contributed by atoms with E-state index in [2.05, 4.69) is 30.4 Å². The fourth-order valence-electron chi connectivity index (χ4n) is 3.64.